The first-order valence-electron chi connectivity index (χ1n) is 8.65. The van der Waals surface area contributed by atoms with E-state index in [1.54, 1.807) is 12.1 Å². The molecule has 0 bridgehead atoms. The second-order valence-corrected chi connectivity index (χ2v) is 6.00. The molecular formula is C18H26ClN3O4. The SMILES string of the molecule is CCCOc1c(Cl)cc(/C=N\NC(=O)C(=O)N[C@@H](C)CC)cc1OCC. The maximum atomic E-state index is 11.7. The quantitative estimate of drug-likeness (QED) is 0.390. The lowest BCUT2D eigenvalue weighted by Crippen LogP contribution is -2.41. The number of nitrogens with zero attached hydrogens (tertiary/aromatic N) is 1. The Balaban J connectivity index is 2.81. The van der Waals surface area contributed by atoms with Gasteiger partial charge in [-0.3, -0.25) is 9.59 Å². The first-order valence-corrected chi connectivity index (χ1v) is 9.03. The first kappa shape index (κ1) is 21.8. The summed E-state index contributed by atoms with van der Waals surface area (Å²) >= 11 is 6.25. The van der Waals surface area contributed by atoms with Gasteiger partial charge in [-0.2, -0.15) is 5.10 Å². The molecular weight excluding hydrogens is 358 g/mol. The number of hydrazone groups is 1. The summed E-state index contributed by atoms with van der Waals surface area (Å²) in [4.78, 5) is 23.3. The summed E-state index contributed by atoms with van der Waals surface area (Å²) in [5, 5.41) is 6.73. The van der Waals surface area contributed by atoms with Crippen LogP contribution in [0, 0.1) is 0 Å². The average molecular weight is 384 g/mol. The van der Waals surface area contributed by atoms with E-state index in [0.29, 0.717) is 35.3 Å². The third kappa shape index (κ3) is 6.92. The van der Waals surface area contributed by atoms with Gasteiger partial charge >= 0.3 is 11.8 Å². The van der Waals surface area contributed by atoms with E-state index < -0.39 is 11.8 Å². The van der Waals surface area contributed by atoms with Gasteiger partial charge in [0.25, 0.3) is 0 Å². The molecule has 7 nitrogen and oxygen atoms in total. The maximum Gasteiger partial charge on any atom is 0.329 e. The Morgan fingerprint density at radius 3 is 2.58 bits per heavy atom. The number of nitrogens with one attached hydrogen (secondary N) is 2. The summed E-state index contributed by atoms with van der Waals surface area (Å²) in [5.74, 6) is -0.589. The molecule has 0 aromatic heterocycles. The Kier molecular flexibility index (Phi) is 9.51. The van der Waals surface area contributed by atoms with Crippen molar-refractivity contribution in [3.8, 4) is 11.5 Å². The molecule has 144 valence electrons. The molecule has 1 aromatic carbocycles. The summed E-state index contributed by atoms with van der Waals surface area (Å²) in [6.07, 6.45) is 2.95. The Labute approximate surface area is 159 Å². The number of amides is 2. The Hall–Kier alpha value is -2.28. The lowest BCUT2D eigenvalue weighted by Gasteiger charge is -2.13. The number of carbonyl (C=O) groups excluding carboxylic acids is 2. The van der Waals surface area contributed by atoms with Crippen molar-refractivity contribution in [2.24, 2.45) is 5.10 Å². The Morgan fingerprint density at radius 2 is 1.96 bits per heavy atom. The van der Waals surface area contributed by atoms with Crippen LogP contribution in [0.1, 0.15) is 46.1 Å². The molecule has 1 rings (SSSR count). The molecule has 0 saturated heterocycles. The number of rotatable bonds is 9. The molecule has 0 aliphatic heterocycles. The number of halogens is 1. The van der Waals surface area contributed by atoms with Crippen LogP contribution in [0.5, 0.6) is 11.5 Å². The van der Waals surface area contributed by atoms with E-state index in [1.807, 2.05) is 27.7 Å². The highest BCUT2D eigenvalue weighted by molar-refractivity contribution is 6.35. The molecule has 1 atom stereocenters. The summed E-state index contributed by atoms with van der Waals surface area (Å²) in [5.41, 5.74) is 2.79. The van der Waals surface area contributed by atoms with Crippen LogP contribution >= 0.6 is 11.6 Å². The summed E-state index contributed by atoms with van der Waals surface area (Å²) in [7, 11) is 0. The number of hydrogen-bond acceptors (Lipinski definition) is 5. The summed E-state index contributed by atoms with van der Waals surface area (Å²) in [6, 6.07) is 3.26. The van der Waals surface area contributed by atoms with Crippen LogP contribution in [0.25, 0.3) is 0 Å². The second kappa shape index (κ2) is 11.4. The molecule has 0 aliphatic carbocycles. The van der Waals surface area contributed by atoms with Crippen LogP contribution in [-0.2, 0) is 9.59 Å². The van der Waals surface area contributed by atoms with Crippen molar-refractivity contribution in [2.75, 3.05) is 13.2 Å². The van der Waals surface area contributed by atoms with E-state index in [9.17, 15) is 9.59 Å². The fraction of sp³-hybridized carbons (Fsp3) is 0.500. The van der Waals surface area contributed by atoms with Crippen molar-refractivity contribution in [1.29, 1.82) is 0 Å². The van der Waals surface area contributed by atoms with E-state index in [2.05, 4.69) is 15.8 Å². The lowest BCUT2D eigenvalue weighted by molar-refractivity contribution is -0.139. The van der Waals surface area contributed by atoms with Crippen molar-refractivity contribution in [3.63, 3.8) is 0 Å². The Morgan fingerprint density at radius 1 is 1.23 bits per heavy atom. The van der Waals surface area contributed by atoms with Crippen LogP contribution in [0.4, 0.5) is 0 Å². The second-order valence-electron chi connectivity index (χ2n) is 5.59. The van der Waals surface area contributed by atoms with Crippen LogP contribution in [0.2, 0.25) is 5.02 Å². The van der Waals surface area contributed by atoms with E-state index in [1.165, 1.54) is 6.21 Å². The van der Waals surface area contributed by atoms with Crippen LogP contribution in [-0.4, -0.2) is 37.3 Å². The minimum Gasteiger partial charge on any atom is -0.490 e. The normalized spacial score (nSPS) is 11.9. The molecule has 0 unspecified atom stereocenters. The zero-order chi connectivity index (χ0) is 19.5. The third-order valence-electron chi connectivity index (χ3n) is 3.36. The monoisotopic (exact) mass is 383 g/mol. The molecule has 1 aromatic rings. The molecule has 0 fully saturated rings. The smallest absolute Gasteiger partial charge is 0.329 e. The fourth-order valence-corrected chi connectivity index (χ4v) is 2.15. The van der Waals surface area contributed by atoms with Crippen LogP contribution in [0.15, 0.2) is 17.2 Å². The highest BCUT2D eigenvalue weighted by Crippen LogP contribution is 2.36. The van der Waals surface area contributed by atoms with E-state index >= 15 is 0 Å². The Bertz CT molecular complexity index is 650. The molecule has 2 N–H and O–H groups in total. The number of ether oxygens (including phenoxy) is 2. The third-order valence-corrected chi connectivity index (χ3v) is 3.64. The molecule has 8 heteroatoms. The summed E-state index contributed by atoms with van der Waals surface area (Å²) < 4.78 is 11.2. The highest BCUT2D eigenvalue weighted by atomic mass is 35.5. The average Bonchev–Trinajstić information content (AvgIpc) is 2.61. The van der Waals surface area contributed by atoms with Gasteiger partial charge in [-0.05, 0) is 44.4 Å². The van der Waals surface area contributed by atoms with Crippen molar-refractivity contribution < 1.29 is 19.1 Å². The van der Waals surface area contributed by atoms with E-state index in [-0.39, 0.29) is 6.04 Å². The van der Waals surface area contributed by atoms with E-state index in [0.717, 1.165) is 12.8 Å². The molecule has 0 heterocycles. The standard InChI is InChI=1S/C18H26ClN3O4/c1-5-8-26-16-14(19)9-13(10-15(16)25-7-3)11-20-22-18(24)17(23)21-12(4)6-2/h9-12H,5-8H2,1-4H3,(H,21,23)(H,22,24)/b20-11-/t12-/m0/s1. The molecule has 0 radical (unpaired) electrons. The van der Waals surface area contributed by atoms with Gasteiger partial charge in [0.1, 0.15) is 0 Å². The molecule has 0 saturated carbocycles. The molecule has 0 spiro atoms. The zero-order valence-corrected chi connectivity index (χ0v) is 16.4. The van der Waals surface area contributed by atoms with Gasteiger partial charge in [-0.1, -0.05) is 25.4 Å². The minimum absolute atomic E-state index is 0.0829. The van der Waals surface area contributed by atoms with Gasteiger partial charge in [0.2, 0.25) is 0 Å². The number of hydrogen-bond donors (Lipinski definition) is 2. The molecule has 0 aliphatic rings. The topological polar surface area (TPSA) is 89.0 Å². The number of benzene rings is 1. The predicted molar refractivity (Wildman–Crippen MR) is 102 cm³/mol. The zero-order valence-electron chi connectivity index (χ0n) is 15.6. The van der Waals surface area contributed by atoms with Gasteiger partial charge < -0.3 is 14.8 Å². The molecule has 2 amide bonds. The maximum absolute atomic E-state index is 11.7. The minimum atomic E-state index is -0.833. The fourth-order valence-electron chi connectivity index (χ4n) is 1.88. The first-order chi connectivity index (χ1) is 12.4. The van der Waals surface area contributed by atoms with Gasteiger partial charge in [-0.25, -0.2) is 5.43 Å². The van der Waals surface area contributed by atoms with Gasteiger partial charge in [0.15, 0.2) is 11.5 Å². The van der Waals surface area contributed by atoms with Gasteiger partial charge in [0, 0.05) is 6.04 Å². The number of carbonyl (C=O) groups is 2. The lowest BCUT2D eigenvalue weighted by atomic mass is 10.2. The van der Waals surface area contributed by atoms with Crippen molar-refractivity contribution >= 4 is 29.6 Å². The summed E-state index contributed by atoms with van der Waals surface area (Å²) in [6.45, 7) is 8.55. The van der Waals surface area contributed by atoms with Crippen molar-refractivity contribution in [1.82, 2.24) is 10.7 Å². The van der Waals surface area contributed by atoms with E-state index in [4.69, 9.17) is 21.1 Å². The highest BCUT2D eigenvalue weighted by Gasteiger charge is 2.15. The van der Waals surface area contributed by atoms with Crippen LogP contribution in [0.3, 0.4) is 0 Å². The van der Waals surface area contributed by atoms with Crippen LogP contribution < -0.4 is 20.2 Å². The predicted octanol–water partition coefficient (Wildman–Crippen LogP) is 2.89. The van der Waals surface area contributed by atoms with Gasteiger partial charge in [0.05, 0.1) is 24.5 Å². The van der Waals surface area contributed by atoms with Crippen molar-refractivity contribution in [3.05, 3.63) is 22.7 Å². The van der Waals surface area contributed by atoms with Gasteiger partial charge in [-0.15, -0.1) is 0 Å². The molecule has 26 heavy (non-hydrogen) atoms. The largest absolute Gasteiger partial charge is 0.490 e. The van der Waals surface area contributed by atoms with Crippen molar-refractivity contribution in [2.45, 2.75) is 46.6 Å².